The van der Waals surface area contributed by atoms with Gasteiger partial charge in [-0.25, -0.2) is 0 Å². The van der Waals surface area contributed by atoms with E-state index < -0.39 is 4.92 Å². The third-order valence-electron chi connectivity index (χ3n) is 2.27. The molecular formula is C10H16N4O2. The Morgan fingerprint density at radius 1 is 1.38 bits per heavy atom. The van der Waals surface area contributed by atoms with Crippen molar-refractivity contribution in [1.82, 2.24) is 9.88 Å². The zero-order valence-corrected chi connectivity index (χ0v) is 9.75. The van der Waals surface area contributed by atoms with E-state index in [0.29, 0.717) is 5.69 Å². The maximum Gasteiger partial charge on any atom is 0.310 e. The number of aromatic nitrogens is 1. The van der Waals surface area contributed by atoms with Crippen molar-refractivity contribution in [3.8, 4) is 0 Å². The van der Waals surface area contributed by atoms with Crippen molar-refractivity contribution in [2.45, 2.75) is 0 Å². The van der Waals surface area contributed by atoms with Crippen molar-refractivity contribution < 1.29 is 4.92 Å². The van der Waals surface area contributed by atoms with E-state index >= 15 is 0 Å². The van der Waals surface area contributed by atoms with Crippen LogP contribution in [0, 0.1) is 10.1 Å². The number of rotatable bonds is 5. The van der Waals surface area contributed by atoms with Crippen molar-refractivity contribution >= 4 is 11.4 Å². The largest absolute Gasteiger partial charge is 0.368 e. The van der Waals surface area contributed by atoms with Crippen LogP contribution < -0.4 is 4.90 Å². The average molecular weight is 224 g/mol. The number of hydrogen-bond donors (Lipinski definition) is 0. The van der Waals surface area contributed by atoms with Gasteiger partial charge >= 0.3 is 5.69 Å². The first kappa shape index (κ1) is 12.4. The summed E-state index contributed by atoms with van der Waals surface area (Å²) in [5.41, 5.74) is 0.644. The summed E-state index contributed by atoms with van der Waals surface area (Å²) < 4.78 is 0. The molecule has 0 radical (unpaired) electrons. The lowest BCUT2D eigenvalue weighted by molar-refractivity contribution is -0.384. The predicted molar refractivity (Wildman–Crippen MR) is 62.7 cm³/mol. The minimum Gasteiger partial charge on any atom is -0.368 e. The second-order valence-corrected chi connectivity index (χ2v) is 3.85. The van der Waals surface area contributed by atoms with Gasteiger partial charge in [0.05, 0.1) is 4.92 Å². The van der Waals surface area contributed by atoms with Crippen LogP contribution in [0.15, 0.2) is 18.5 Å². The molecule has 16 heavy (non-hydrogen) atoms. The summed E-state index contributed by atoms with van der Waals surface area (Å²) in [6, 6.07) is 1.66. The van der Waals surface area contributed by atoms with E-state index in [2.05, 4.69) is 4.98 Å². The van der Waals surface area contributed by atoms with Gasteiger partial charge in [-0.05, 0) is 20.2 Å². The lowest BCUT2D eigenvalue weighted by atomic mass is 10.3. The molecule has 0 aromatic carbocycles. The number of likely N-dealkylation sites (N-methyl/N-ethyl adjacent to an activating group) is 2. The predicted octanol–water partition coefficient (Wildman–Crippen LogP) is 0.988. The molecule has 6 nitrogen and oxygen atoms in total. The lowest BCUT2D eigenvalue weighted by Crippen LogP contribution is -2.28. The minimum absolute atomic E-state index is 0.0451. The molecule has 0 atom stereocenters. The van der Waals surface area contributed by atoms with Crippen molar-refractivity contribution in [1.29, 1.82) is 0 Å². The van der Waals surface area contributed by atoms with E-state index in [1.807, 2.05) is 30.9 Å². The van der Waals surface area contributed by atoms with Crippen molar-refractivity contribution in [2.75, 3.05) is 39.1 Å². The molecule has 1 rings (SSSR count). The fraction of sp³-hybridized carbons (Fsp3) is 0.500. The number of hydrogen-bond acceptors (Lipinski definition) is 5. The smallest absolute Gasteiger partial charge is 0.310 e. The number of pyridine rings is 1. The molecule has 6 heteroatoms. The first-order valence-electron chi connectivity index (χ1n) is 4.96. The third-order valence-corrected chi connectivity index (χ3v) is 2.27. The normalized spacial score (nSPS) is 10.5. The summed E-state index contributed by atoms with van der Waals surface area (Å²) >= 11 is 0. The van der Waals surface area contributed by atoms with Gasteiger partial charge in [-0.15, -0.1) is 0 Å². The number of nitro groups is 1. The molecule has 0 spiro atoms. The van der Waals surface area contributed by atoms with Gasteiger partial charge in [-0.1, -0.05) is 0 Å². The Morgan fingerprint density at radius 2 is 2.06 bits per heavy atom. The van der Waals surface area contributed by atoms with Gasteiger partial charge in [0.2, 0.25) is 0 Å². The van der Waals surface area contributed by atoms with Gasteiger partial charge in [-0.3, -0.25) is 15.1 Å². The van der Waals surface area contributed by atoms with Gasteiger partial charge in [0.15, 0.2) is 0 Å². The van der Waals surface area contributed by atoms with E-state index in [1.54, 1.807) is 12.3 Å². The van der Waals surface area contributed by atoms with Crippen LogP contribution in [0.1, 0.15) is 0 Å². The Morgan fingerprint density at radius 3 is 2.62 bits per heavy atom. The highest BCUT2D eigenvalue weighted by Crippen LogP contribution is 2.24. The van der Waals surface area contributed by atoms with Crippen LogP contribution in [-0.4, -0.2) is 49.0 Å². The van der Waals surface area contributed by atoms with Crippen molar-refractivity contribution in [2.24, 2.45) is 0 Å². The molecule has 0 bridgehead atoms. The van der Waals surface area contributed by atoms with Crippen LogP contribution >= 0.6 is 0 Å². The fourth-order valence-corrected chi connectivity index (χ4v) is 1.31. The highest BCUT2D eigenvalue weighted by atomic mass is 16.6. The standard InChI is InChI=1S/C10H16N4O2/c1-12(2)6-7-13(3)9-4-5-11-8-10(9)14(15)16/h4-5,8H,6-7H2,1-3H3. The molecule has 1 aromatic rings. The SMILES string of the molecule is CN(C)CCN(C)c1ccncc1[N+](=O)[O-]. The Balaban J connectivity index is 2.82. The Labute approximate surface area is 94.6 Å². The molecule has 0 saturated carbocycles. The molecule has 0 aliphatic carbocycles. The summed E-state index contributed by atoms with van der Waals surface area (Å²) in [7, 11) is 5.77. The molecule has 1 heterocycles. The van der Waals surface area contributed by atoms with Gasteiger partial charge in [0.1, 0.15) is 11.9 Å². The van der Waals surface area contributed by atoms with E-state index in [4.69, 9.17) is 0 Å². The van der Waals surface area contributed by atoms with Gasteiger partial charge < -0.3 is 9.80 Å². The molecule has 0 N–H and O–H groups in total. The maximum absolute atomic E-state index is 10.8. The molecule has 0 fully saturated rings. The summed E-state index contributed by atoms with van der Waals surface area (Å²) in [5, 5.41) is 10.8. The molecule has 0 saturated heterocycles. The second-order valence-electron chi connectivity index (χ2n) is 3.85. The number of anilines is 1. The quantitative estimate of drug-likeness (QED) is 0.551. The van der Waals surface area contributed by atoms with E-state index in [-0.39, 0.29) is 5.69 Å². The Hall–Kier alpha value is -1.69. The van der Waals surface area contributed by atoms with Crippen LogP contribution in [0.2, 0.25) is 0 Å². The van der Waals surface area contributed by atoms with E-state index in [1.165, 1.54) is 6.20 Å². The van der Waals surface area contributed by atoms with Crippen molar-refractivity contribution in [3.63, 3.8) is 0 Å². The van der Waals surface area contributed by atoms with Crippen LogP contribution in [-0.2, 0) is 0 Å². The van der Waals surface area contributed by atoms with E-state index in [9.17, 15) is 10.1 Å². The Kier molecular flexibility index (Phi) is 4.19. The molecule has 0 aliphatic heterocycles. The zero-order valence-electron chi connectivity index (χ0n) is 9.75. The van der Waals surface area contributed by atoms with Crippen LogP contribution in [0.5, 0.6) is 0 Å². The highest BCUT2D eigenvalue weighted by molar-refractivity contribution is 5.61. The second kappa shape index (κ2) is 5.41. The molecule has 88 valence electrons. The Bertz CT molecular complexity index is 368. The molecular weight excluding hydrogens is 208 g/mol. The first-order valence-corrected chi connectivity index (χ1v) is 4.96. The lowest BCUT2D eigenvalue weighted by Gasteiger charge is -2.20. The topological polar surface area (TPSA) is 62.5 Å². The monoisotopic (exact) mass is 224 g/mol. The van der Waals surface area contributed by atoms with Crippen LogP contribution in [0.3, 0.4) is 0 Å². The van der Waals surface area contributed by atoms with Gasteiger partial charge in [-0.2, -0.15) is 0 Å². The van der Waals surface area contributed by atoms with Crippen molar-refractivity contribution in [3.05, 3.63) is 28.6 Å². The van der Waals surface area contributed by atoms with Gasteiger partial charge in [0, 0.05) is 26.3 Å². The van der Waals surface area contributed by atoms with Crippen LogP contribution in [0.25, 0.3) is 0 Å². The first-order chi connectivity index (χ1) is 7.52. The zero-order chi connectivity index (χ0) is 12.1. The summed E-state index contributed by atoms with van der Waals surface area (Å²) in [4.78, 5) is 18.0. The highest BCUT2D eigenvalue weighted by Gasteiger charge is 2.16. The van der Waals surface area contributed by atoms with Gasteiger partial charge in [0.25, 0.3) is 0 Å². The molecule has 0 amide bonds. The molecule has 1 aromatic heterocycles. The fourth-order valence-electron chi connectivity index (χ4n) is 1.31. The van der Waals surface area contributed by atoms with E-state index in [0.717, 1.165) is 13.1 Å². The molecule has 0 unspecified atom stereocenters. The average Bonchev–Trinajstić information content (AvgIpc) is 2.25. The van der Waals surface area contributed by atoms with Crippen LogP contribution in [0.4, 0.5) is 11.4 Å². The third kappa shape index (κ3) is 3.16. The summed E-state index contributed by atoms with van der Waals surface area (Å²) in [5.74, 6) is 0. The number of nitrogens with zero attached hydrogens (tertiary/aromatic N) is 4. The maximum atomic E-state index is 10.8. The summed E-state index contributed by atoms with van der Waals surface area (Å²) in [6.07, 6.45) is 2.84. The summed E-state index contributed by atoms with van der Waals surface area (Å²) in [6.45, 7) is 1.58. The minimum atomic E-state index is -0.408. The molecule has 0 aliphatic rings.